The normalized spacial score (nSPS) is 13.5. The molecule has 0 spiro atoms. The van der Waals surface area contributed by atoms with E-state index in [1.165, 1.54) is 18.2 Å². The highest BCUT2D eigenvalue weighted by Gasteiger charge is 2.19. The third-order valence-electron chi connectivity index (χ3n) is 4.86. The molecule has 2 N–H and O–H groups in total. The highest BCUT2D eigenvalue weighted by Crippen LogP contribution is 2.32. The first-order chi connectivity index (χ1) is 16.2. The van der Waals surface area contributed by atoms with Gasteiger partial charge in [-0.3, -0.25) is 9.78 Å². The lowest BCUT2D eigenvalue weighted by Crippen LogP contribution is -2.20. The molecule has 1 aromatic carbocycles. The van der Waals surface area contributed by atoms with Crippen molar-refractivity contribution in [3.05, 3.63) is 65.2 Å². The molecule has 0 radical (unpaired) electrons. The predicted octanol–water partition coefficient (Wildman–Crippen LogP) is 6.04. The minimum absolute atomic E-state index is 0.0758. The number of nitrogens with zero attached hydrogens (tertiary/aromatic N) is 1. The molecule has 0 saturated heterocycles. The van der Waals surface area contributed by atoms with Crippen LogP contribution in [0.1, 0.15) is 50.6 Å². The van der Waals surface area contributed by atoms with Crippen molar-refractivity contribution in [1.29, 1.82) is 0 Å². The Labute approximate surface area is 196 Å². The molecule has 2 aromatic rings. The van der Waals surface area contributed by atoms with E-state index >= 15 is 0 Å². The summed E-state index contributed by atoms with van der Waals surface area (Å²) >= 11 is 0. The molecule has 0 atom stereocenters. The van der Waals surface area contributed by atoms with Crippen LogP contribution < -0.4 is 15.4 Å². The maximum atomic E-state index is 13.4. The number of allylic oxidation sites excluding steroid dienone is 4. The molecule has 0 fully saturated rings. The van der Waals surface area contributed by atoms with Gasteiger partial charge in [0.05, 0.1) is 35.3 Å². The smallest absolute Gasteiger partial charge is 0.323 e. The van der Waals surface area contributed by atoms with Crippen molar-refractivity contribution in [2.24, 2.45) is 0 Å². The summed E-state index contributed by atoms with van der Waals surface area (Å²) in [5.74, 6) is 0.289. The summed E-state index contributed by atoms with van der Waals surface area (Å²) in [5.41, 5.74) is 2.30. The lowest BCUT2D eigenvalue weighted by molar-refractivity contribution is -0.118. The summed E-state index contributed by atoms with van der Waals surface area (Å²) in [4.78, 5) is 28.9. The Morgan fingerprint density at radius 3 is 2.59 bits per heavy atom. The molecule has 2 amide bonds. The van der Waals surface area contributed by atoms with Crippen molar-refractivity contribution in [2.75, 3.05) is 17.2 Å². The molecule has 9 heteroatoms. The van der Waals surface area contributed by atoms with E-state index < -0.39 is 12.5 Å². The summed E-state index contributed by atoms with van der Waals surface area (Å²) in [6.45, 7) is 7.42. The van der Waals surface area contributed by atoms with Crippen molar-refractivity contribution in [1.82, 2.24) is 4.98 Å². The van der Waals surface area contributed by atoms with Gasteiger partial charge in [-0.25, -0.2) is 13.6 Å². The maximum absolute atomic E-state index is 13.4. The third-order valence-corrected chi connectivity index (χ3v) is 4.86. The van der Waals surface area contributed by atoms with Crippen LogP contribution in [-0.4, -0.2) is 29.5 Å². The van der Waals surface area contributed by atoms with E-state index in [0.29, 0.717) is 29.4 Å². The van der Waals surface area contributed by atoms with Gasteiger partial charge in [0.15, 0.2) is 5.76 Å². The van der Waals surface area contributed by atoms with Crippen LogP contribution in [-0.2, 0) is 9.53 Å². The van der Waals surface area contributed by atoms with E-state index in [2.05, 4.69) is 15.6 Å². The summed E-state index contributed by atoms with van der Waals surface area (Å²) in [7, 11) is 0. The van der Waals surface area contributed by atoms with Crippen LogP contribution in [0.3, 0.4) is 0 Å². The van der Waals surface area contributed by atoms with E-state index in [9.17, 15) is 18.4 Å². The van der Waals surface area contributed by atoms with Gasteiger partial charge in [0.2, 0.25) is 5.78 Å². The monoisotopic (exact) mass is 471 g/mol. The van der Waals surface area contributed by atoms with Gasteiger partial charge in [-0.15, -0.1) is 0 Å². The number of ether oxygens (including phenoxy) is 2. The molecule has 1 aliphatic carbocycles. The molecule has 7 nitrogen and oxygen atoms in total. The first-order valence-electron chi connectivity index (χ1n) is 10.9. The summed E-state index contributed by atoms with van der Waals surface area (Å²) in [6.07, 6.45) is 0.652. The van der Waals surface area contributed by atoms with Crippen LogP contribution in [0.5, 0.6) is 5.75 Å². The molecule has 180 valence electrons. The highest BCUT2D eigenvalue weighted by atomic mass is 19.3. The summed E-state index contributed by atoms with van der Waals surface area (Å²) in [5, 5.41) is 5.23. The van der Waals surface area contributed by atoms with Gasteiger partial charge in [-0.1, -0.05) is 6.08 Å². The van der Waals surface area contributed by atoms with Crippen molar-refractivity contribution in [3.8, 4) is 5.75 Å². The molecular formula is C25H27F2N3O4. The molecule has 1 heterocycles. The van der Waals surface area contributed by atoms with Gasteiger partial charge >= 0.3 is 6.03 Å². The number of aromatic nitrogens is 1. The van der Waals surface area contributed by atoms with E-state index in [4.69, 9.17) is 9.47 Å². The number of amides is 2. The fraction of sp³-hybridized carbons (Fsp3) is 0.320. The number of anilines is 2. The first-order valence-corrected chi connectivity index (χ1v) is 10.9. The minimum atomic E-state index is -2.75. The van der Waals surface area contributed by atoms with E-state index in [0.717, 1.165) is 5.57 Å². The fourth-order valence-corrected chi connectivity index (χ4v) is 3.34. The lowest BCUT2D eigenvalue weighted by Gasteiger charge is -2.16. The molecule has 0 saturated carbocycles. The zero-order chi connectivity index (χ0) is 24.8. The third kappa shape index (κ3) is 6.18. The average molecular weight is 472 g/mol. The number of rotatable bonds is 8. The first kappa shape index (κ1) is 24.9. The van der Waals surface area contributed by atoms with Crippen LogP contribution in [0.4, 0.5) is 25.0 Å². The minimum Gasteiger partial charge on any atom is -0.491 e. The Bertz CT molecular complexity index is 1140. The number of carbonyl (C=O) groups excluding carboxylic acids is 2. The van der Waals surface area contributed by atoms with Gasteiger partial charge in [0, 0.05) is 17.7 Å². The number of aryl methyl sites for hydroxylation is 1. The number of alkyl halides is 2. The largest absolute Gasteiger partial charge is 0.491 e. The Morgan fingerprint density at radius 1 is 1.18 bits per heavy atom. The summed E-state index contributed by atoms with van der Waals surface area (Å²) < 4.78 is 37.6. The molecule has 34 heavy (non-hydrogen) atoms. The van der Waals surface area contributed by atoms with E-state index in [1.807, 2.05) is 6.92 Å². The topological polar surface area (TPSA) is 89.6 Å². The van der Waals surface area contributed by atoms with Gasteiger partial charge in [0.1, 0.15) is 5.75 Å². The van der Waals surface area contributed by atoms with Crippen molar-refractivity contribution >= 4 is 28.8 Å². The highest BCUT2D eigenvalue weighted by molar-refractivity contribution is 6.01. The van der Waals surface area contributed by atoms with Gasteiger partial charge in [0.25, 0.3) is 6.43 Å². The predicted molar refractivity (Wildman–Crippen MR) is 126 cm³/mol. The zero-order valence-corrected chi connectivity index (χ0v) is 19.4. The molecule has 1 aliphatic rings. The SMILES string of the molecule is CCOC1=CC(c2ccc(NC(=O)Nc3ccc(OC(C)C)c(C(F)F)c3)c(C)n2)=CCC1=O. The second kappa shape index (κ2) is 10.9. The second-order valence-corrected chi connectivity index (χ2v) is 7.86. The molecule has 0 bridgehead atoms. The van der Waals surface area contributed by atoms with Crippen molar-refractivity contribution in [3.63, 3.8) is 0 Å². The van der Waals surface area contributed by atoms with Gasteiger partial charge < -0.3 is 20.1 Å². The zero-order valence-electron chi connectivity index (χ0n) is 19.4. The molecule has 1 aromatic heterocycles. The number of hydrogen-bond acceptors (Lipinski definition) is 5. The van der Waals surface area contributed by atoms with Crippen molar-refractivity contribution in [2.45, 2.75) is 46.6 Å². The number of nitrogens with one attached hydrogen (secondary N) is 2. The number of benzene rings is 1. The van der Waals surface area contributed by atoms with Crippen LogP contribution in [0.15, 0.2) is 48.2 Å². The number of carbonyl (C=O) groups is 2. The van der Waals surface area contributed by atoms with E-state index in [1.54, 1.807) is 45.1 Å². The Kier molecular flexibility index (Phi) is 7.99. The number of ketones is 1. The molecule has 3 rings (SSSR count). The Balaban J connectivity index is 1.71. The molecular weight excluding hydrogens is 444 g/mol. The van der Waals surface area contributed by atoms with E-state index in [-0.39, 0.29) is 35.3 Å². The number of urea groups is 1. The standard InChI is InChI=1S/C25H27F2N3O4/c1-5-33-23-12-16(6-10-21(23)31)20-9-8-19(15(4)28-20)30-25(32)29-17-7-11-22(34-14(2)3)18(13-17)24(26)27/h6-9,11-14,24H,5,10H2,1-4H3,(H2,29,30,32). The van der Waals surface area contributed by atoms with Crippen LogP contribution in [0.2, 0.25) is 0 Å². The number of Topliss-reactive ketones (excluding diaryl/α,β-unsaturated/α-hetero) is 1. The summed E-state index contributed by atoms with van der Waals surface area (Å²) in [6, 6.07) is 6.90. The van der Waals surface area contributed by atoms with Crippen molar-refractivity contribution < 1.29 is 27.8 Å². The number of pyridine rings is 1. The number of halogens is 2. The van der Waals surface area contributed by atoms with Gasteiger partial charge in [-0.2, -0.15) is 0 Å². The van der Waals surface area contributed by atoms with Crippen LogP contribution >= 0.6 is 0 Å². The van der Waals surface area contributed by atoms with Crippen LogP contribution in [0, 0.1) is 6.92 Å². The van der Waals surface area contributed by atoms with Crippen LogP contribution in [0.25, 0.3) is 5.57 Å². The maximum Gasteiger partial charge on any atom is 0.323 e. The van der Waals surface area contributed by atoms with Gasteiger partial charge in [-0.05, 0) is 64.1 Å². The average Bonchev–Trinajstić information content (AvgIpc) is 2.77. The second-order valence-electron chi connectivity index (χ2n) is 7.86. The number of hydrogen-bond donors (Lipinski definition) is 2. The fourth-order valence-electron chi connectivity index (χ4n) is 3.34. The lowest BCUT2D eigenvalue weighted by atomic mass is 10.0. The molecule has 0 aliphatic heterocycles. The quantitative estimate of drug-likeness (QED) is 0.490. The Morgan fingerprint density at radius 2 is 1.94 bits per heavy atom. The Hall–Kier alpha value is -3.75. The molecule has 0 unspecified atom stereocenters.